The Morgan fingerprint density at radius 3 is 2.50 bits per heavy atom. The molecule has 1 amide bonds. The van der Waals surface area contributed by atoms with Gasteiger partial charge >= 0.3 is 5.97 Å². The predicted molar refractivity (Wildman–Crippen MR) is 63.3 cm³/mol. The Bertz CT molecular complexity index is 458. The van der Waals surface area contributed by atoms with Crippen LogP contribution in [-0.4, -0.2) is 44.4 Å². The largest absolute Gasteiger partial charge is 0.476 e. The monoisotopic (exact) mass is 249 g/mol. The average molecular weight is 249 g/mol. The van der Waals surface area contributed by atoms with Gasteiger partial charge in [-0.3, -0.25) is 4.79 Å². The van der Waals surface area contributed by atoms with Crippen LogP contribution in [0.5, 0.6) is 0 Å². The molecule has 1 atom stereocenters. The van der Waals surface area contributed by atoms with Gasteiger partial charge in [0.15, 0.2) is 5.69 Å². The Morgan fingerprint density at radius 1 is 1.28 bits per heavy atom. The number of carboxylic acids is 1. The number of hydrogen-bond acceptors (Lipinski definition) is 4. The molecule has 1 saturated heterocycles. The van der Waals surface area contributed by atoms with Crippen LogP contribution in [0.15, 0.2) is 12.4 Å². The molecule has 0 radical (unpaired) electrons. The molecule has 96 valence electrons. The van der Waals surface area contributed by atoms with Gasteiger partial charge in [-0.1, -0.05) is 0 Å². The van der Waals surface area contributed by atoms with Crippen LogP contribution in [-0.2, 0) is 0 Å². The van der Waals surface area contributed by atoms with E-state index in [1.165, 1.54) is 6.20 Å². The molecule has 1 N–H and O–H groups in total. The maximum Gasteiger partial charge on any atom is 0.356 e. The predicted octanol–water partition coefficient (Wildman–Crippen LogP) is 1.19. The van der Waals surface area contributed by atoms with Crippen LogP contribution in [0.2, 0.25) is 0 Å². The number of carbonyl (C=O) groups excluding carboxylic acids is 1. The first kappa shape index (κ1) is 12.5. The highest BCUT2D eigenvalue weighted by atomic mass is 16.4. The standard InChI is InChI=1S/C12H15N3O3/c1-8-4-2-3-5-15(8)11(16)9-6-14-10(7-13-9)12(17)18/h6-8H,2-5H2,1H3,(H,17,18). The highest BCUT2D eigenvalue weighted by Crippen LogP contribution is 2.18. The molecule has 1 aliphatic heterocycles. The van der Waals surface area contributed by atoms with Crippen molar-refractivity contribution in [3.8, 4) is 0 Å². The van der Waals surface area contributed by atoms with Gasteiger partial charge in [-0.25, -0.2) is 14.8 Å². The first-order valence-corrected chi connectivity index (χ1v) is 5.96. The van der Waals surface area contributed by atoms with Crippen molar-refractivity contribution in [3.63, 3.8) is 0 Å². The number of hydrogen-bond donors (Lipinski definition) is 1. The summed E-state index contributed by atoms with van der Waals surface area (Å²) in [6.45, 7) is 2.73. The number of rotatable bonds is 2. The summed E-state index contributed by atoms with van der Waals surface area (Å²) >= 11 is 0. The summed E-state index contributed by atoms with van der Waals surface area (Å²) in [6, 6.07) is 0.201. The second kappa shape index (κ2) is 5.12. The minimum absolute atomic E-state index is 0.154. The quantitative estimate of drug-likeness (QED) is 0.851. The summed E-state index contributed by atoms with van der Waals surface area (Å²) in [5.74, 6) is -1.32. The third kappa shape index (κ3) is 2.47. The molecular weight excluding hydrogens is 234 g/mol. The zero-order chi connectivity index (χ0) is 13.1. The molecule has 0 bridgehead atoms. The van der Waals surface area contributed by atoms with Gasteiger partial charge in [0.25, 0.3) is 5.91 Å². The topological polar surface area (TPSA) is 83.4 Å². The molecule has 1 aromatic rings. The fourth-order valence-corrected chi connectivity index (χ4v) is 2.10. The van der Waals surface area contributed by atoms with E-state index in [-0.39, 0.29) is 23.3 Å². The van der Waals surface area contributed by atoms with Gasteiger partial charge in [-0.2, -0.15) is 0 Å². The fraction of sp³-hybridized carbons (Fsp3) is 0.500. The third-order valence-electron chi connectivity index (χ3n) is 3.15. The second-order valence-electron chi connectivity index (χ2n) is 4.44. The summed E-state index contributed by atoms with van der Waals surface area (Å²) in [5, 5.41) is 8.71. The van der Waals surface area contributed by atoms with E-state index in [1.807, 2.05) is 6.92 Å². The molecular formula is C12H15N3O3. The number of piperidine rings is 1. The Kier molecular flexibility index (Phi) is 3.55. The van der Waals surface area contributed by atoms with Crippen molar-refractivity contribution in [2.75, 3.05) is 6.54 Å². The minimum Gasteiger partial charge on any atom is -0.476 e. The molecule has 0 saturated carbocycles. The molecule has 1 aromatic heterocycles. The van der Waals surface area contributed by atoms with Crippen molar-refractivity contribution in [1.82, 2.24) is 14.9 Å². The summed E-state index contributed by atoms with van der Waals surface area (Å²) in [4.78, 5) is 32.2. The summed E-state index contributed by atoms with van der Waals surface area (Å²) < 4.78 is 0. The Morgan fingerprint density at radius 2 is 1.94 bits per heavy atom. The molecule has 0 spiro atoms. The van der Waals surface area contributed by atoms with Gasteiger partial charge in [0.1, 0.15) is 5.69 Å². The molecule has 1 fully saturated rings. The Labute approximate surface area is 105 Å². The normalized spacial score (nSPS) is 19.6. The average Bonchev–Trinajstić information content (AvgIpc) is 2.38. The number of carbonyl (C=O) groups is 2. The maximum absolute atomic E-state index is 12.2. The highest BCUT2D eigenvalue weighted by molar-refractivity contribution is 5.93. The molecule has 18 heavy (non-hydrogen) atoms. The zero-order valence-electron chi connectivity index (χ0n) is 10.2. The van der Waals surface area contributed by atoms with E-state index in [0.717, 1.165) is 32.0 Å². The molecule has 6 nitrogen and oxygen atoms in total. The van der Waals surface area contributed by atoms with Gasteiger partial charge < -0.3 is 10.0 Å². The van der Waals surface area contributed by atoms with Crippen LogP contribution < -0.4 is 0 Å². The first-order valence-electron chi connectivity index (χ1n) is 5.96. The third-order valence-corrected chi connectivity index (χ3v) is 3.15. The van der Waals surface area contributed by atoms with E-state index in [4.69, 9.17) is 5.11 Å². The lowest BCUT2D eigenvalue weighted by Gasteiger charge is -2.33. The molecule has 1 unspecified atom stereocenters. The first-order chi connectivity index (χ1) is 8.59. The number of likely N-dealkylation sites (tertiary alicyclic amines) is 1. The van der Waals surface area contributed by atoms with Gasteiger partial charge in [-0.05, 0) is 26.2 Å². The van der Waals surface area contributed by atoms with E-state index >= 15 is 0 Å². The van der Waals surface area contributed by atoms with E-state index in [1.54, 1.807) is 4.90 Å². The van der Waals surface area contributed by atoms with E-state index in [9.17, 15) is 9.59 Å². The zero-order valence-corrected chi connectivity index (χ0v) is 10.2. The lowest BCUT2D eigenvalue weighted by atomic mass is 10.0. The Hall–Kier alpha value is -1.98. The Balaban J connectivity index is 2.15. The van der Waals surface area contributed by atoms with Crippen molar-refractivity contribution in [2.45, 2.75) is 32.2 Å². The summed E-state index contributed by atoms with van der Waals surface area (Å²) in [5.41, 5.74) is 0.0481. The van der Waals surface area contributed by atoms with Gasteiger partial charge in [-0.15, -0.1) is 0 Å². The lowest BCUT2D eigenvalue weighted by Crippen LogP contribution is -2.42. The van der Waals surface area contributed by atoms with Crippen LogP contribution in [0.25, 0.3) is 0 Å². The number of nitrogens with zero attached hydrogens (tertiary/aromatic N) is 3. The second-order valence-corrected chi connectivity index (χ2v) is 4.44. The maximum atomic E-state index is 12.2. The fourth-order valence-electron chi connectivity index (χ4n) is 2.10. The van der Waals surface area contributed by atoms with E-state index in [0.29, 0.717) is 0 Å². The number of amides is 1. The molecule has 0 aliphatic carbocycles. The molecule has 6 heteroatoms. The number of carboxylic acid groups (broad SMARTS) is 1. The van der Waals surface area contributed by atoms with Crippen molar-refractivity contribution < 1.29 is 14.7 Å². The van der Waals surface area contributed by atoms with Crippen LogP contribution in [0.4, 0.5) is 0 Å². The number of aromatic carboxylic acids is 1. The van der Waals surface area contributed by atoms with Gasteiger partial charge in [0.2, 0.25) is 0 Å². The van der Waals surface area contributed by atoms with Crippen molar-refractivity contribution in [2.24, 2.45) is 0 Å². The van der Waals surface area contributed by atoms with Crippen LogP contribution in [0.3, 0.4) is 0 Å². The van der Waals surface area contributed by atoms with Crippen LogP contribution >= 0.6 is 0 Å². The lowest BCUT2D eigenvalue weighted by molar-refractivity contribution is 0.0624. The van der Waals surface area contributed by atoms with E-state index in [2.05, 4.69) is 9.97 Å². The molecule has 2 rings (SSSR count). The molecule has 0 aromatic carbocycles. The minimum atomic E-state index is -1.15. The van der Waals surface area contributed by atoms with Gasteiger partial charge in [0.05, 0.1) is 12.4 Å². The smallest absolute Gasteiger partial charge is 0.356 e. The van der Waals surface area contributed by atoms with Crippen LogP contribution in [0, 0.1) is 0 Å². The van der Waals surface area contributed by atoms with Crippen LogP contribution in [0.1, 0.15) is 47.2 Å². The highest BCUT2D eigenvalue weighted by Gasteiger charge is 2.25. The van der Waals surface area contributed by atoms with Gasteiger partial charge in [0, 0.05) is 12.6 Å². The SMILES string of the molecule is CC1CCCCN1C(=O)c1cnc(C(=O)O)cn1. The van der Waals surface area contributed by atoms with Crippen molar-refractivity contribution in [1.29, 1.82) is 0 Å². The van der Waals surface area contributed by atoms with E-state index < -0.39 is 5.97 Å². The summed E-state index contributed by atoms with van der Waals surface area (Å²) in [6.07, 6.45) is 5.47. The number of aromatic nitrogens is 2. The van der Waals surface area contributed by atoms with Crippen molar-refractivity contribution in [3.05, 3.63) is 23.8 Å². The van der Waals surface area contributed by atoms with Crippen molar-refractivity contribution >= 4 is 11.9 Å². The molecule has 2 heterocycles. The summed E-state index contributed by atoms with van der Waals surface area (Å²) in [7, 11) is 0. The molecule has 1 aliphatic rings.